The molecule has 1 fully saturated rings. The molecule has 0 bridgehead atoms. The van der Waals surface area contributed by atoms with E-state index in [1.165, 1.54) is 6.42 Å². The summed E-state index contributed by atoms with van der Waals surface area (Å²) in [5, 5.41) is 8.93. The van der Waals surface area contributed by atoms with Gasteiger partial charge >= 0.3 is 0 Å². The maximum atomic E-state index is 8.93. The molecule has 2 heterocycles. The van der Waals surface area contributed by atoms with Crippen molar-refractivity contribution in [2.75, 3.05) is 13.1 Å². The topological polar surface area (TPSA) is 36.6 Å². The van der Waals surface area contributed by atoms with Crippen LogP contribution in [0.25, 0.3) is 0 Å². The highest BCUT2D eigenvalue weighted by Gasteiger charge is 2.22. The Kier molecular flexibility index (Phi) is 3.66. The highest BCUT2D eigenvalue weighted by Crippen LogP contribution is 2.22. The zero-order valence-corrected chi connectivity index (χ0v) is 10.1. The third-order valence-corrected chi connectivity index (χ3v) is 3.20. The molecule has 1 saturated heterocycles. The van der Waals surface area contributed by atoms with Crippen molar-refractivity contribution in [2.45, 2.75) is 33.4 Å². The third kappa shape index (κ3) is 2.86. The molecule has 16 heavy (non-hydrogen) atoms. The summed E-state index contributed by atoms with van der Waals surface area (Å²) >= 11 is 0. The molecule has 0 saturated carbocycles. The lowest BCUT2D eigenvalue weighted by atomic mass is 9.92. The van der Waals surface area contributed by atoms with Gasteiger partial charge < -0.3 is 9.52 Å². The number of likely N-dealkylation sites (tertiary alicyclic amines) is 1. The first kappa shape index (κ1) is 11.7. The van der Waals surface area contributed by atoms with E-state index in [4.69, 9.17) is 9.52 Å². The van der Waals surface area contributed by atoms with Crippen molar-refractivity contribution < 1.29 is 9.52 Å². The fourth-order valence-electron chi connectivity index (χ4n) is 2.73. The lowest BCUT2D eigenvalue weighted by Crippen LogP contribution is -2.37. The van der Waals surface area contributed by atoms with E-state index in [0.717, 1.165) is 37.2 Å². The van der Waals surface area contributed by atoms with Crippen LogP contribution in [0.1, 0.15) is 31.8 Å². The summed E-state index contributed by atoms with van der Waals surface area (Å²) in [5.74, 6) is 3.17. The number of hydrogen-bond donors (Lipinski definition) is 1. The summed E-state index contributed by atoms with van der Waals surface area (Å²) < 4.78 is 5.51. The second kappa shape index (κ2) is 5.02. The molecular weight excluding hydrogens is 202 g/mol. The third-order valence-electron chi connectivity index (χ3n) is 3.20. The SMILES string of the molecule is CC1CC(C)CN(Cc2ccc(CO)o2)C1. The van der Waals surface area contributed by atoms with Gasteiger partial charge in [0.2, 0.25) is 0 Å². The minimum absolute atomic E-state index is 0.00714. The second-order valence-corrected chi connectivity index (χ2v) is 5.17. The molecule has 1 aromatic heterocycles. The van der Waals surface area contributed by atoms with Crippen LogP contribution in [0.4, 0.5) is 0 Å². The predicted molar refractivity (Wildman–Crippen MR) is 62.9 cm³/mol. The molecule has 0 spiro atoms. The number of aliphatic hydroxyl groups excluding tert-OH is 1. The summed E-state index contributed by atoms with van der Waals surface area (Å²) in [6.45, 7) is 7.79. The molecule has 0 aromatic carbocycles. The Bertz CT molecular complexity index is 324. The molecule has 3 heteroatoms. The number of furan rings is 1. The van der Waals surface area contributed by atoms with E-state index in [2.05, 4.69) is 18.7 Å². The molecule has 1 N–H and O–H groups in total. The lowest BCUT2D eigenvalue weighted by molar-refractivity contribution is 0.124. The maximum Gasteiger partial charge on any atom is 0.129 e. The van der Waals surface area contributed by atoms with Gasteiger partial charge in [0.15, 0.2) is 0 Å². The van der Waals surface area contributed by atoms with E-state index in [1.54, 1.807) is 0 Å². The van der Waals surface area contributed by atoms with Gasteiger partial charge in [-0.3, -0.25) is 4.90 Å². The van der Waals surface area contributed by atoms with Crippen molar-refractivity contribution in [2.24, 2.45) is 11.8 Å². The van der Waals surface area contributed by atoms with Gasteiger partial charge in [-0.2, -0.15) is 0 Å². The summed E-state index contributed by atoms with van der Waals surface area (Å²) in [7, 11) is 0. The Morgan fingerprint density at radius 1 is 1.25 bits per heavy atom. The van der Waals surface area contributed by atoms with Crippen LogP contribution >= 0.6 is 0 Å². The van der Waals surface area contributed by atoms with Crippen LogP contribution in [-0.2, 0) is 13.2 Å². The maximum absolute atomic E-state index is 8.93. The highest BCUT2D eigenvalue weighted by atomic mass is 16.4. The average molecular weight is 223 g/mol. The molecule has 3 nitrogen and oxygen atoms in total. The first-order chi connectivity index (χ1) is 7.67. The first-order valence-electron chi connectivity index (χ1n) is 6.08. The van der Waals surface area contributed by atoms with Gasteiger partial charge in [0.05, 0.1) is 6.54 Å². The second-order valence-electron chi connectivity index (χ2n) is 5.17. The van der Waals surface area contributed by atoms with Gasteiger partial charge in [-0.05, 0) is 30.4 Å². The Morgan fingerprint density at radius 2 is 1.88 bits per heavy atom. The number of piperidine rings is 1. The number of aliphatic hydroxyl groups is 1. The lowest BCUT2D eigenvalue weighted by Gasteiger charge is -2.34. The van der Waals surface area contributed by atoms with E-state index in [-0.39, 0.29) is 6.61 Å². The quantitative estimate of drug-likeness (QED) is 0.854. The normalized spacial score (nSPS) is 27.2. The van der Waals surface area contributed by atoms with Gasteiger partial charge in [0.25, 0.3) is 0 Å². The van der Waals surface area contributed by atoms with Crippen molar-refractivity contribution in [3.05, 3.63) is 23.7 Å². The molecule has 2 rings (SSSR count). The van der Waals surface area contributed by atoms with Gasteiger partial charge in [0.1, 0.15) is 18.1 Å². The van der Waals surface area contributed by atoms with E-state index >= 15 is 0 Å². The first-order valence-corrected chi connectivity index (χ1v) is 6.08. The van der Waals surface area contributed by atoms with Crippen LogP contribution in [0.3, 0.4) is 0 Å². The zero-order valence-electron chi connectivity index (χ0n) is 10.1. The van der Waals surface area contributed by atoms with Crippen LogP contribution in [0, 0.1) is 11.8 Å². The molecule has 0 aliphatic carbocycles. The zero-order chi connectivity index (χ0) is 11.5. The molecular formula is C13H21NO2. The monoisotopic (exact) mass is 223 g/mol. The Balaban J connectivity index is 1.93. The number of rotatable bonds is 3. The van der Waals surface area contributed by atoms with Crippen molar-refractivity contribution in [1.82, 2.24) is 4.90 Å². The summed E-state index contributed by atoms with van der Waals surface area (Å²) in [4.78, 5) is 2.44. The summed E-state index contributed by atoms with van der Waals surface area (Å²) in [5.41, 5.74) is 0. The van der Waals surface area contributed by atoms with Crippen LogP contribution in [0.2, 0.25) is 0 Å². The Hall–Kier alpha value is -0.800. The largest absolute Gasteiger partial charge is 0.462 e. The smallest absolute Gasteiger partial charge is 0.129 e. The molecule has 2 atom stereocenters. The van der Waals surface area contributed by atoms with E-state index in [9.17, 15) is 0 Å². The minimum Gasteiger partial charge on any atom is -0.462 e. The van der Waals surface area contributed by atoms with Gasteiger partial charge in [0, 0.05) is 13.1 Å². The number of hydrogen-bond acceptors (Lipinski definition) is 3. The van der Waals surface area contributed by atoms with Crippen LogP contribution < -0.4 is 0 Å². The van der Waals surface area contributed by atoms with E-state index in [1.807, 2.05) is 12.1 Å². The standard InChI is InChI=1S/C13H21NO2/c1-10-5-11(2)7-14(6-10)8-12-3-4-13(9-15)16-12/h3-4,10-11,15H,5-9H2,1-2H3. The van der Waals surface area contributed by atoms with Gasteiger partial charge in [-0.15, -0.1) is 0 Å². The minimum atomic E-state index is -0.00714. The molecule has 1 aliphatic heterocycles. The van der Waals surface area contributed by atoms with Crippen molar-refractivity contribution in [3.63, 3.8) is 0 Å². The Labute approximate surface area is 97.1 Å². The van der Waals surface area contributed by atoms with E-state index < -0.39 is 0 Å². The number of nitrogens with zero attached hydrogens (tertiary/aromatic N) is 1. The summed E-state index contributed by atoms with van der Waals surface area (Å²) in [6.07, 6.45) is 1.33. The van der Waals surface area contributed by atoms with Crippen LogP contribution in [0.15, 0.2) is 16.5 Å². The molecule has 2 unspecified atom stereocenters. The Morgan fingerprint density at radius 3 is 2.44 bits per heavy atom. The van der Waals surface area contributed by atoms with Crippen molar-refractivity contribution in [3.8, 4) is 0 Å². The fraction of sp³-hybridized carbons (Fsp3) is 0.692. The predicted octanol–water partition coefficient (Wildman–Crippen LogP) is 2.25. The van der Waals surface area contributed by atoms with E-state index in [0.29, 0.717) is 5.76 Å². The molecule has 1 aliphatic rings. The molecule has 1 aromatic rings. The van der Waals surface area contributed by atoms with Crippen LogP contribution in [0.5, 0.6) is 0 Å². The van der Waals surface area contributed by atoms with Gasteiger partial charge in [-0.25, -0.2) is 0 Å². The van der Waals surface area contributed by atoms with Crippen molar-refractivity contribution in [1.29, 1.82) is 0 Å². The molecule has 0 amide bonds. The molecule has 0 radical (unpaired) electrons. The van der Waals surface area contributed by atoms with Crippen LogP contribution in [-0.4, -0.2) is 23.1 Å². The van der Waals surface area contributed by atoms with Crippen molar-refractivity contribution >= 4 is 0 Å². The summed E-state index contributed by atoms with van der Waals surface area (Å²) in [6, 6.07) is 3.82. The van der Waals surface area contributed by atoms with Gasteiger partial charge in [-0.1, -0.05) is 13.8 Å². The highest BCUT2D eigenvalue weighted by molar-refractivity contribution is 5.06. The fourth-order valence-corrected chi connectivity index (χ4v) is 2.73. The average Bonchev–Trinajstić information content (AvgIpc) is 2.64. The molecule has 90 valence electrons.